The fraction of sp³-hybridized carbons (Fsp3) is 0.667. The van der Waals surface area contributed by atoms with Crippen LogP contribution in [0.25, 0.3) is 0 Å². The Morgan fingerprint density at radius 1 is 1.75 bits per heavy atom. The summed E-state index contributed by atoms with van der Waals surface area (Å²) in [5, 5.41) is 8.98. The van der Waals surface area contributed by atoms with E-state index in [9.17, 15) is 0 Å². The molecule has 46 valence electrons. The van der Waals surface area contributed by atoms with E-state index in [1.54, 1.807) is 6.08 Å². The Morgan fingerprint density at radius 2 is 2.38 bits per heavy atom. The van der Waals surface area contributed by atoms with Gasteiger partial charge in [0.05, 0.1) is 19.3 Å². The molecule has 0 aromatic heterocycles. The van der Waals surface area contributed by atoms with Crippen molar-refractivity contribution in [2.45, 2.75) is 6.10 Å². The zero-order valence-electron chi connectivity index (χ0n) is 4.71. The summed E-state index contributed by atoms with van der Waals surface area (Å²) in [6, 6.07) is 0. The van der Waals surface area contributed by atoms with Gasteiger partial charge in [0, 0.05) is 5.92 Å². The molecule has 0 bridgehead atoms. The van der Waals surface area contributed by atoms with E-state index in [0.29, 0.717) is 19.1 Å². The van der Waals surface area contributed by atoms with Gasteiger partial charge >= 0.3 is 0 Å². The Morgan fingerprint density at radius 3 is 2.50 bits per heavy atom. The monoisotopic (exact) mass is 114 g/mol. The van der Waals surface area contributed by atoms with Crippen molar-refractivity contribution in [1.29, 1.82) is 0 Å². The molecular weight excluding hydrogens is 104 g/mol. The van der Waals surface area contributed by atoms with Crippen LogP contribution in [0.1, 0.15) is 0 Å². The van der Waals surface area contributed by atoms with Crippen LogP contribution >= 0.6 is 0 Å². The van der Waals surface area contributed by atoms with E-state index in [-0.39, 0.29) is 6.10 Å². The van der Waals surface area contributed by atoms with E-state index >= 15 is 0 Å². The summed E-state index contributed by atoms with van der Waals surface area (Å²) in [4.78, 5) is 0. The summed E-state index contributed by atoms with van der Waals surface area (Å²) >= 11 is 0. The molecule has 2 nitrogen and oxygen atoms in total. The third kappa shape index (κ3) is 0.904. The van der Waals surface area contributed by atoms with Gasteiger partial charge < -0.3 is 9.84 Å². The van der Waals surface area contributed by atoms with Gasteiger partial charge in [0.2, 0.25) is 0 Å². The third-order valence-electron chi connectivity index (χ3n) is 1.39. The largest absolute Gasteiger partial charge is 0.389 e. The summed E-state index contributed by atoms with van der Waals surface area (Å²) in [5.74, 6) is 0.312. The minimum Gasteiger partial charge on any atom is -0.389 e. The number of rotatable bonds is 2. The summed E-state index contributed by atoms with van der Waals surface area (Å²) in [6.07, 6.45) is 1.19. The molecule has 1 heterocycles. The van der Waals surface area contributed by atoms with Crippen LogP contribution in [0.4, 0.5) is 0 Å². The van der Waals surface area contributed by atoms with Crippen LogP contribution in [0.3, 0.4) is 0 Å². The quantitative estimate of drug-likeness (QED) is 0.519. The Hall–Kier alpha value is -0.340. The molecule has 1 N–H and O–H groups in total. The molecule has 0 aliphatic carbocycles. The van der Waals surface area contributed by atoms with Crippen molar-refractivity contribution in [2.24, 2.45) is 5.92 Å². The van der Waals surface area contributed by atoms with Gasteiger partial charge in [-0.2, -0.15) is 0 Å². The zero-order chi connectivity index (χ0) is 5.98. The molecule has 1 unspecified atom stereocenters. The topological polar surface area (TPSA) is 29.5 Å². The van der Waals surface area contributed by atoms with E-state index in [4.69, 9.17) is 9.84 Å². The lowest BCUT2D eigenvalue weighted by Crippen LogP contribution is -2.36. The van der Waals surface area contributed by atoms with Gasteiger partial charge in [-0.15, -0.1) is 6.58 Å². The highest BCUT2D eigenvalue weighted by atomic mass is 16.5. The standard InChI is InChI=1S/C6H10O2/c1-2-6(7)5-3-8-4-5/h2,5-7H,1,3-4H2. The molecule has 0 aromatic rings. The maximum absolute atomic E-state index is 8.98. The Balaban J connectivity index is 2.22. The first kappa shape index (κ1) is 5.79. The van der Waals surface area contributed by atoms with Crippen molar-refractivity contribution in [3.63, 3.8) is 0 Å². The number of ether oxygens (including phenoxy) is 1. The molecule has 0 amide bonds. The minimum absolute atomic E-state index is 0.312. The van der Waals surface area contributed by atoms with E-state index in [0.717, 1.165) is 0 Å². The van der Waals surface area contributed by atoms with Gasteiger partial charge in [-0.1, -0.05) is 6.08 Å². The number of aliphatic hydroxyl groups is 1. The summed E-state index contributed by atoms with van der Waals surface area (Å²) in [7, 11) is 0. The molecule has 8 heavy (non-hydrogen) atoms. The van der Waals surface area contributed by atoms with Crippen molar-refractivity contribution >= 4 is 0 Å². The van der Waals surface area contributed by atoms with Crippen LogP contribution in [0.15, 0.2) is 12.7 Å². The molecule has 0 radical (unpaired) electrons. The number of hydrogen-bond donors (Lipinski definition) is 1. The molecule has 0 aromatic carbocycles. The molecule has 0 spiro atoms. The average molecular weight is 114 g/mol. The molecule has 1 aliphatic rings. The lowest BCUT2D eigenvalue weighted by Gasteiger charge is -2.28. The van der Waals surface area contributed by atoms with Gasteiger partial charge in [0.15, 0.2) is 0 Å². The first-order valence-corrected chi connectivity index (χ1v) is 2.73. The highest BCUT2D eigenvalue weighted by Gasteiger charge is 2.23. The Bertz CT molecular complexity index is 86.5. The average Bonchev–Trinajstić information content (AvgIpc) is 1.62. The molecule has 1 saturated heterocycles. The highest BCUT2D eigenvalue weighted by Crippen LogP contribution is 2.14. The van der Waals surface area contributed by atoms with Crippen molar-refractivity contribution < 1.29 is 9.84 Å². The Kier molecular flexibility index (Phi) is 1.65. The van der Waals surface area contributed by atoms with Gasteiger partial charge in [-0.05, 0) is 0 Å². The second kappa shape index (κ2) is 2.29. The second-order valence-electron chi connectivity index (χ2n) is 2.02. The van der Waals surface area contributed by atoms with Crippen LogP contribution in [0.2, 0.25) is 0 Å². The molecule has 1 aliphatic heterocycles. The molecule has 2 heteroatoms. The summed E-state index contributed by atoms with van der Waals surface area (Å²) < 4.78 is 4.85. The first-order valence-electron chi connectivity index (χ1n) is 2.73. The van der Waals surface area contributed by atoms with Gasteiger partial charge in [-0.3, -0.25) is 0 Å². The highest BCUT2D eigenvalue weighted by molar-refractivity contribution is 4.87. The fourth-order valence-electron chi connectivity index (χ4n) is 0.644. The van der Waals surface area contributed by atoms with Crippen molar-refractivity contribution in [3.8, 4) is 0 Å². The zero-order valence-corrected chi connectivity index (χ0v) is 4.71. The minimum atomic E-state index is -0.358. The fourth-order valence-corrected chi connectivity index (χ4v) is 0.644. The van der Waals surface area contributed by atoms with E-state index in [1.165, 1.54) is 0 Å². The molecule has 0 saturated carbocycles. The maximum atomic E-state index is 8.98. The maximum Gasteiger partial charge on any atom is 0.0790 e. The predicted octanol–water partition coefficient (Wildman–Crippen LogP) is 0.180. The van der Waals surface area contributed by atoms with Gasteiger partial charge in [-0.25, -0.2) is 0 Å². The van der Waals surface area contributed by atoms with E-state index in [2.05, 4.69) is 6.58 Å². The smallest absolute Gasteiger partial charge is 0.0790 e. The number of hydrogen-bond acceptors (Lipinski definition) is 2. The second-order valence-corrected chi connectivity index (χ2v) is 2.02. The molecule has 1 rings (SSSR count). The van der Waals surface area contributed by atoms with Gasteiger partial charge in [0.1, 0.15) is 0 Å². The van der Waals surface area contributed by atoms with Crippen molar-refractivity contribution in [2.75, 3.05) is 13.2 Å². The number of aliphatic hydroxyl groups excluding tert-OH is 1. The summed E-state index contributed by atoms with van der Waals surface area (Å²) in [6.45, 7) is 4.83. The Labute approximate surface area is 48.8 Å². The van der Waals surface area contributed by atoms with E-state index < -0.39 is 0 Å². The van der Waals surface area contributed by atoms with E-state index in [1.807, 2.05) is 0 Å². The van der Waals surface area contributed by atoms with Crippen LogP contribution in [0.5, 0.6) is 0 Å². The van der Waals surface area contributed by atoms with Crippen LogP contribution < -0.4 is 0 Å². The molecule has 1 fully saturated rings. The SMILES string of the molecule is C=CC(O)C1COC1. The van der Waals surface area contributed by atoms with Crippen molar-refractivity contribution in [3.05, 3.63) is 12.7 Å². The normalized spacial score (nSPS) is 24.1. The predicted molar refractivity (Wildman–Crippen MR) is 30.5 cm³/mol. The summed E-state index contributed by atoms with van der Waals surface area (Å²) in [5.41, 5.74) is 0. The van der Waals surface area contributed by atoms with Crippen LogP contribution in [-0.4, -0.2) is 24.4 Å². The van der Waals surface area contributed by atoms with Gasteiger partial charge in [0.25, 0.3) is 0 Å². The van der Waals surface area contributed by atoms with Crippen LogP contribution in [0, 0.1) is 5.92 Å². The first-order chi connectivity index (χ1) is 3.84. The third-order valence-corrected chi connectivity index (χ3v) is 1.39. The van der Waals surface area contributed by atoms with Crippen molar-refractivity contribution in [1.82, 2.24) is 0 Å². The lowest BCUT2D eigenvalue weighted by atomic mass is 10.0. The van der Waals surface area contributed by atoms with Crippen LogP contribution in [-0.2, 0) is 4.74 Å². The molecule has 1 atom stereocenters. The lowest BCUT2D eigenvalue weighted by molar-refractivity contribution is -0.0765. The molecular formula is C6H10O2.